The minimum Gasteiger partial charge on any atom is -0.392 e. The molecule has 1 saturated carbocycles. The summed E-state index contributed by atoms with van der Waals surface area (Å²) in [6.45, 7) is 0.824. The molecule has 0 amide bonds. The highest BCUT2D eigenvalue weighted by molar-refractivity contribution is 5.09. The summed E-state index contributed by atoms with van der Waals surface area (Å²) in [5.74, 6) is 0. The van der Waals surface area contributed by atoms with Crippen molar-refractivity contribution in [3.05, 3.63) is 30.1 Å². The molecular formula is C12H18N2O. The van der Waals surface area contributed by atoms with Crippen LogP contribution < -0.4 is 5.32 Å². The lowest BCUT2D eigenvalue weighted by atomic mass is 9.92. The Balaban J connectivity index is 1.82. The smallest absolute Gasteiger partial charge is 0.0693 e. The molecule has 0 bridgehead atoms. The van der Waals surface area contributed by atoms with E-state index in [1.165, 1.54) is 12.0 Å². The van der Waals surface area contributed by atoms with Crippen LogP contribution in [-0.4, -0.2) is 22.2 Å². The number of rotatable bonds is 3. The number of aliphatic hydroxyl groups excluding tert-OH is 1. The maximum Gasteiger partial charge on any atom is 0.0693 e. The molecule has 2 N–H and O–H groups in total. The van der Waals surface area contributed by atoms with Gasteiger partial charge in [0.15, 0.2) is 0 Å². The van der Waals surface area contributed by atoms with Crippen molar-refractivity contribution in [3.8, 4) is 0 Å². The Morgan fingerprint density at radius 3 is 2.73 bits per heavy atom. The van der Waals surface area contributed by atoms with Crippen molar-refractivity contribution in [2.24, 2.45) is 0 Å². The summed E-state index contributed by atoms with van der Waals surface area (Å²) < 4.78 is 0. The van der Waals surface area contributed by atoms with Crippen LogP contribution in [-0.2, 0) is 6.54 Å². The summed E-state index contributed by atoms with van der Waals surface area (Å²) >= 11 is 0. The van der Waals surface area contributed by atoms with E-state index in [0.717, 1.165) is 25.8 Å². The third-order valence-electron chi connectivity index (χ3n) is 3.05. The Morgan fingerprint density at radius 1 is 1.27 bits per heavy atom. The van der Waals surface area contributed by atoms with E-state index < -0.39 is 0 Å². The number of aromatic nitrogens is 1. The molecule has 0 aromatic carbocycles. The molecule has 82 valence electrons. The summed E-state index contributed by atoms with van der Waals surface area (Å²) in [4.78, 5) is 3.98. The van der Waals surface area contributed by atoms with E-state index in [2.05, 4.69) is 10.3 Å². The number of nitrogens with zero attached hydrogens (tertiary/aromatic N) is 1. The maximum atomic E-state index is 9.77. The van der Waals surface area contributed by atoms with Crippen LogP contribution in [0.5, 0.6) is 0 Å². The number of pyridine rings is 1. The molecule has 1 aliphatic carbocycles. The van der Waals surface area contributed by atoms with E-state index in [1.54, 1.807) is 12.4 Å². The summed E-state index contributed by atoms with van der Waals surface area (Å²) in [5, 5.41) is 13.2. The molecule has 0 saturated heterocycles. The molecule has 3 heteroatoms. The van der Waals surface area contributed by atoms with E-state index in [0.29, 0.717) is 0 Å². The second kappa shape index (κ2) is 5.24. The van der Waals surface area contributed by atoms with E-state index in [4.69, 9.17) is 0 Å². The zero-order valence-corrected chi connectivity index (χ0v) is 8.89. The second-order valence-electron chi connectivity index (χ2n) is 4.19. The molecular weight excluding hydrogens is 188 g/mol. The zero-order chi connectivity index (χ0) is 10.5. The van der Waals surface area contributed by atoms with Crippen molar-refractivity contribution in [3.63, 3.8) is 0 Å². The minimum atomic E-state index is -0.166. The highest BCUT2D eigenvalue weighted by Gasteiger charge is 2.21. The van der Waals surface area contributed by atoms with Crippen molar-refractivity contribution in [2.45, 2.75) is 44.4 Å². The molecule has 0 radical (unpaired) electrons. The van der Waals surface area contributed by atoms with Gasteiger partial charge in [-0.1, -0.05) is 12.8 Å². The molecule has 2 atom stereocenters. The van der Waals surface area contributed by atoms with Gasteiger partial charge in [0.25, 0.3) is 0 Å². The van der Waals surface area contributed by atoms with Crippen molar-refractivity contribution in [2.75, 3.05) is 0 Å². The van der Waals surface area contributed by atoms with Crippen LogP contribution in [0.25, 0.3) is 0 Å². The van der Waals surface area contributed by atoms with Crippen LogP contribution in [0.2, 0.25) is 0 Å². The molecule has 3 nitrogen and oxygen atoms in total. The van der Waals surface area contributed by atoms with E-state index in [9.17, 15) is 5.11 Å². The number of hydrogen-bond acceptors (Lipinski definition) is 3. The predicted molar refractivity (Wildman–Crippen MR) is 59.3 cm³/mol. The first kappa shape index (κ1) is 10.6. The number of aliphatic hydroxyl groups is 1. The van der Waals surface area contributed by atoms with E-state index in [-0.39, 0.29) is 12.1 Å². The van der Waals surface area contributed by atoms with Crippen molar-refractivity contribution < 1.29 is 5.11 Å². The molecule has 1 heterocycles. The minimum absolute atomic E-state index is 0.166. The highest BCUT2D eigenvalue weighted by atomic mass is 16.3. The van der Waals surface area contributed by atoms with Gasteiger partial charge in [-0.3, -0.25) is 4.98 Å². The van der Waals surface area contributed by atoms with Gasteiger partial charge in [-0.25, -0.2) is 0 Å². The van der Waals surface area contributed by atoms with Gasteiger partial charge >= 0.3 is 0 Å². The summed E-state index contributed by atoms with van der Waals surface area (Å²) in [6.07, 6.45) is 7.85. The van der Waals surface area contributed by atoms with Crippen molar-refractivity contribution >= 4 is 0 Å². The first-order valence-corrected chi connectivity index (χ1v) is 5.66. The molecule has 0 spiro atoms. The Hall–Kier alpha value is -0.930. The number of nitrogens with one attached hydrogen (secondary N) is 1. The van der Waals surface area contributed by atoms with E-state index in [1.807, 2.05) is 12.1 Å². The fourth-order valence-corrected chi connectivity index (χ4v) is 2.10. The van der Waals surface area contributed by atoms with Gasteiger partial charge < -0.3 is 10.4 Å². The molecule has 1 aliphatic rings. The molecule has 2 rings (SSSR count). The molecule has 1 fully saturated rings. The monoisotopic (exact) mass is 206 g/mol. The third-order valence-corrected chi connectivity index (χ3v) is 3.05. The first-order chi connectivity index (χ1) is 7.36. The van der Waals surface area contributed by atoms with Gasteiger partial charge in [-0.15, -0.1) is 0 Å². The van der Waals surface area contributed by atoms with Crippen LogP contribution in [0, 0.1) is 0 Å². The average molecular weight is 206 g/mol. The van der Waals surface area contributed by atoms with Crippen LogP contribution in [0.3, 0.4) is 0 Å². The van der Waals surface area contributed by atoms with Gasteiger partial charge in [-0.05, 0) is 30.5 Å². The Labute approximate surface area is 90.5 Å². The fraction of sp³-hybridized carbons (Fsp3) is 0.583. The number of hydrogen-bond donors (Lipinski definition) is 2. The average Bonchev–Trinajstić information content (AvgIpc) is 2.29. The maximum absolute atomic E-state index is 9.77. The molecule has 15 heavy (non-hydrogen) atoms. The first-order valence-electron chi connectivity index (χ1n) is 5.66. The standard InChI is InChI=1S/C12H18N2O/c15-12-4-2-1-3-11(12)14-9-10-5-7-13-8-6-10/h5-8,11-12,14-15H,1-4,9H2/t11-,12+/m0/s1. The van der Waals surface area contributed by atoms with E-state index >= 15 is 0 Å². The van der Waals surface area contributed by atoms with Crippen LogP contribution in [0.4, 0.5) is 0 Å². The Kier molecular flexibility index (Phi) is 3.69. The zero-order valence-electron chi connectivity index (χ0n) is 8.89. The van der Waals surface area contributed by atoms with Gasteiger partial charge in [0, 0.05) is 25.0 Å². The van der Waals surface area contributed by atoms with Gasteiger partial charge in [0.1, 0.15) is 0 Å². The molecule has 0 aliphatic heterocycles. The topological polar surface area (TPSA) is 45.1 Å². The second-order valence-corrected chi connectivity index (χ2v) is 4.19. The largest absolute Gasteiger partial charge is 0.392 e. The Bertz CT molecular complexity index is 289. The third kappa shape index (κ3) is 3.01. The molecule has 1 aromatic rings. The summed E-state index contributed by atoms with van der Waals surface area (Å²) in [6, 6.07) is 4.27. The predicted octanol–water partition coefficient (Wildman–Crippen LogP) is 1.47. The fourth-order valence-electron chi connectivity index (χ4n) is 2.10. The summed E-state index contributed by atoms with van der Waals surface area (Å²) in [7, 11) is 0. The van der Waals surface area contributed by atoms with Gasteiger partial charge in [0.2, 0.25) is 0 Å². The van der Waals surface area contributed by atoms with Gasteiger partial charge in [-0.2, -0.15) is 0 Å². The van der Waals surface area contributed by atoms with Crippen molar-refractivity contribution in [1.82, 2.24) is 10.3 Å². The highest BCUT2D eigenvalue weighted by Crippen LogP contribution is 2.18. The molecule has 0 unspecified atom stereocenters. The van der Waals surface area contributed by atoms with Crippen molar-refractivity contribution in [1.29, 1.82) is 0 Å². The van der Waals surface area contributed by atoms with Gasteiger partial charge in [0.05, 0.1) is 6.10 Å². The van der Waals surface area contributed by atoms with Crippen LogP contribution >= 0.6 is 0 Å². The van der Waals surface area contributed by atoms with Crippen LogP contribution in [0.15, 0.2) is 24.5 Å². The summed E-state index contributed by atoms with van der Waals surface area (Å²) in [5.41, 5.74) is 1.22. The lowest BCUT2D eigenvalue weighted by molar-refractivity contribution is 0.0902. The lowest BCUT2D eigenvalue weighted by Gasteiger charge is -2.28. The lowest BCUT2D eigenvalue weighted by Crippen LogP contribution is -2.41. The quantitative estimate of drug-likeness (QED) is 0.787. The Morgan fingerprint density at radius 2 is 2.00 bits per heavy atom. The molecule has 1 aromatic heterocycles. The van der Waals surface area contributed by atoms with Crippen LogP contribution in [0.1, 0.15) is 31.2 Å². The normalized spacial score (nSPS) is 26.5. The SMILES string of the molecule is O[C@@H]1CCCC[C@@H]1NCc1ccncc1.